The predicted octanol–water partition coefficient (Wildman–Crippen LogP) is 2.65. The second-order valence-corrected chi connectivity index (χ2v) is 4.92. The normalized spacial score (nSPS) is 13.5. The van der Waals surface area contributed by atoms with Gasteiger partial charge in [0, 0.05) is 5.56 Å². The van der Waals surface area contributed by atoms with Crippen molar-refractivity contribution in [2.75, 3.05) is 13.7 Å². The number of hydrogen-bond donors (Lipinski definition) is 1. The molecule has 96 valence electrons. The second-order valence-electron chi connectivity index (χ2n) is 4.92. The number of nitrogens with two attached hydrogens (primary N) is 1. The molecule has 0 fully saturated rings. The van der Waals surface area contributed by atoms with Crippen molar-refractivity contribution in [3.05, 3.63) is 29.6 Å². The van der Waals surface area contributed by atoms with E-state index in [1.165, 1.54) is 19.2 Å². The van der Waals surface area contributed by atoms with Crippen LogP contribution in [-0.4, -0.2) is 19.3 Å². The van der Waals surface area contributed by atoms with Crippen molar-refractivity contribution >= 4 is 0 Å². The van der Waals surface area contributed by atoms with E-state index in [4.69, 9.17) is 15.2 Å². The van der Waals surface area contributed by atoms with Gasteiger partial charge in [-0.1, -0.05) is 0 Å². The number of methoxy groups -OCH3 is 1. The van der Waals surface area contributed by atoms with Crippen molar-refractivity contribution in [2.24, 2.45) is 5.73 Å². The van der Waals surface area contributed by atoms with Gasteiger partial charge in [-0.15, -0.1) is 0 Å². The van der Waals surface area contributed by atoms with Crippen molar-refractivity contribution < 1.29 is 13.9 Å². The van der Waals surface area contributed by atoms with Gasteiger partial charge in [-0.05, 0) is 39.0 Å². The lowest BCUT2D eigenvalue weighted by Gasteiger charge is -2.23. The Morgan fingerprint density at radius 1 is 1.35 bits per heavy atom. The van der Waals surface area contributed by atoms with Gasteiger partial charge >= 0.3 is 0 Å². The second kappa shape index (κ2) is 5.47. The highest BCUT2D eigenvalue weighted by Crippen LogP contribution is 2.25. The summed E-state index contributed by atoms with van der Waals surface area (Å²) in [5.41, 5.74) is 6.33. The fourth-order valence-electron chi connectivity index (χ4n) is 1.42. The first-order valence-corrected chi connectivity index (χ1v) is 5.56. The smallest absolute Gasteiger partial charge is 0.123 e. The molecular weight excluding hydrogens is 221 g/mol. The van der Waals surface area contributed by atoms with Crippen molar-refractivity contribution in [3.63, 3.8) is 0 Å². The van der Waals surface area contributed by atoms with E-state index in [-0.39, 0.29) is 11.4 Å². The molecule has 1 aromatic carbocycles. The average molecular weight is 241 g/mol. The number of benzene rings is 1. The SMILES string of the molecule is COc1ccc(F)cc1C(N)COC(C)(C)C. The van der Waals surface area contributed by atoms with Gasteiger partial charge in [0.2, 0.25) is 0 Å². The Hall–Kier alpha value is -1.13. The summed E-state index contributed by atoms with van der Waals surface area (Å²) in [6.45, 7) is 6.16. The van der Waals surface area contributed by atoms with E-state index >= 15 is 0 Å². The summed E-state index contributed by atoms with van der Waals surface area (Å²) in [4.78, 5) is 0. The van der Waals surface area contributed by atoms with Crippen LogP contribution in [0, 0.1) is 5.82 Å². The number of rotatable bonds is 4. The van der Waals surface area contributed by atoms with Gasteiger partial charge in [0.15, 0.2) is 0 Å². The van der Waals surface area contributed by atoms with Gasteiger partial charge in [-0.2, -0.15) is 0 Å². The maximum Gasteiger partial charge on any atom is 0.123 e. The first kappa shape index (κ1) is 13.9. The molecule has 0 aromatic heterocycles. The Morgan fingerprint density at radius 2 is 2.00 bits per heavy atom. The lowest BCUT2D eigenvalue weighted by Crippen LogP contribution is -2.26. The van der Waals surface area contributed by atoms with Gasteiger partial charge in [0.1, 0.15) is 11.6 Å². The minimum Gasteiger partial charge on any atom is -0.496 e. The van der Waals surface area contributed by atoms with Gasteiger partial charge < -0.3 is 15.2 Å². The molecule has 17 heavy (non-hydrogen) atoms. The first-order valence-electron chi connectivity index (χ1n) is 5.56. The van der Waals surface area contributed by atoms with E-state index in [2.05, 4.69) is 0 Å². The number of halogens is 1. The van der Waals surface area contributed by atoms with E-state index in [9.17, 15) is 4.39 Å². The Labute approximate surface area is 102 Å². The molecule has 0 aliphatic heterocycles. The third-order valence-corrected chi connectivity index (χ3v) is 2.29. The average Bonchev–Trinajstić information content (AvgIpc) is 2.25. The third kappa shape index (κ3) is 4.32. The van der Waals surface area contributed by atoms with Crippen LogP contribution in [-0.2, 0) is 4.74 Å². The quantitative estimate of drug-likeness (QED) is 0.881. The molecule has 0 spiro atoms. The Morgan fingerprint density at radius 3 is 2.53 bits per heavy atom. The van der Waals surface area contributed by atoms with Crippen molar-refractivity contribution in [1.82, 2.24) is 0 Å². The molecule has 4 heteroatoms. The molecule has 0 radical (unpaired) electrons. The molecule has 1 unspecified atom stereocenters. The summed E-state index contributed by atoms with van der Waals surface area (Å²) in [7, 11) is 1.54. The Bertz CT molecular complexity index is 374. The highest BCUT2D eigenvalue weighted by Gasteiger charge is 2.17. The predicted molar refractivity (Wildman–Crippen MR) is 65.6 cm³/mol. The first-order chi connectivity index (χ1) is 7.83. The molecule has 2 N–H and O–H groups in total. The fourth-order valence-corrected chi connectivity index (χ4v) is 1.42. The molecule has 1 rings (SSSR count). The maximum atomic E-state index is 13.2. The standard InChI is InChI=1S/C13H20FNO2/c1-13(2,3)17-8-11(15)10-7-9(14)5-6-12(10)16-4/h5-7,11H,8,15H2,1-4H3. The largest absolute Gasteiger partial charge is 0.496 e. The minimum absolute atomic E-state index is 0.266. The lowest BCUT2D eigenvalue weighted by atomic mass is 10.1. The van der Waals surface area contributed by atoms with Gasteiger partial charge in [0.05, 0.1) is 25.4 Å². The van der Waals surface area contributed by atoms with Crippen LogP contribution >= 0.6 is 0 Å². The summed E-state index contributed by atoms with van der Waals surface area (Å²) < 4.78 is 23.9. The summed E-state index contributed by atoms with van der Waals surface area (Å²) >= 11 is 0. The number of ether oxygens (including phenoxy) is 2. The zero-order valence-corrected chi connectivity index (χ0v) is 10.8. The monoisotopic (exact) mass is 241 g/mol. The summed E-state index contributed by atoms with van der Waals surface area (Å²) in [6, 6.07) is 3.90. The summed E-state index contributed by atoms with van der Waals surface area (Å²) in [5, 5.41) is 0. The van der Waals surface area contributed by atoms with Gasteiger partial charge in [-0.25, -0.2) is 4.39 Å². The van der Waals surface area contributed by atoms with E-state index in [1.807, 2.05) is 20.8 Å². The molecular formula is C13H20FNO2. The van der Waals surface area contributed by atoms with Gasteiger partial charge in [0.25, 0.3) is 0 Å². The molecule has 1 aromatic rings. The molecule has 0 saturated carbocycles. The highest BCUT2D eigenvalue weighted by atomic mass is 19.1. The Kier molecular flexibility index (Phi) is 4.48. The van der Waals surface area contributed by atoms with Crippen LogP contribution in [0.25, 0.3) is 0 Å². The maximum absolute atomic E-state index is 13.2. The van der Waals surface area contributed by atoms with Crippen LogP contribution in [0.4, 0.5) is 4.39 Å². The summed E-state index contributed by atoms with van der Waals surface area (Å²) in [5.74, 6) is 0.253. The van der Waals surface area contributed by atoms with Crippen LogP contribution in [0.1, 0.15) is 32.4 Å². The molecule has 0 bridgehead atoms. The van der Waals surface area contributed by atoms with Crippen LogP contribution < -0.4 is 10.5 Å². The van der Waals surface area contributed by atoms with Crippen molar-refractivity contribution in [1.29, 1.82) is 0 Å². The fraction of sp³-hybridized carbons (Fsp3) is 0.538. The highest BCUT2D eigenvalue weighted by molar-refractivity contribution is 5.36. The van der Waals surface area contributed by atoms with Crippen LogP contribution in [0.15, 0.2) is 18.2 Å². The topological polar surface area (TPSA) is 44.5 Å². The minimum atomic E-state index is -0.403. The Balaban J connectivity index is 2.80. The van der Waals surface area contributed by atoms with Crippen molar-refractivity contribution in [3.8, 4) is 5.75 Å². The molecule has 0 amide bonds. The molecule has 0 aliphatic carbocycles. The van der Waals surface area contributed by atoms with E-state index in [1.54, 1.807) is 6.07 Å². The lowest BCUT2D eigenvalue weighted by molar-refractivity contribution is -0.0104. The van der Waals surface area contributed by atoms with E-state index in [0.29, 0.717) is 17.9 Å². The molecule has 1 atom stereocenters. The van der Waals surface area contributed by atoms with Crippen LogP contribution in [0.5, 0.6) is 5.75 Å². The zero-order valence-electron chi connectivity index (χ0n) is 10.8. The van der Waals surface area contributed by atoms with Crippen LogP contribution in [0.2, 0.25) is 0 Å². The van der Waals surface area contributed by atoms with Crippen LogP contribution in [0.3, 0.4) is 0 Å². The zero-order chi connectivity index (χ0) is 13.1. The third-order valence-electron chi connectivity index (χ3n) is 2.29. The molecule has 0 saturated heterocycles. The molecule has 3 nitrogen and oxygen atoms in total. The van der Waals surface area contributed by atoms with E-state index < -0.39 is 6.04 Å². The molecule has 0 heterocycles. The number of hydrogen-bond acceptors (Lipinski definition) is 3. The van der Waals surface area contributed by atoms with Crippen molar-refractivity contribution in [2.45, 2.75) is 32.4 Å². The summed E-state index contributed by atoms with van der Waals surface area (Å²) in [6.07, 6.45) is 0. The molecule has 0 aliphatic rings. The van der Waals surface area contributed by atoms with E-state index in [0.717, 1.165) is 0 Å². The van der Waals surface area contributed by atoms with Gasteiger partial charge in [-0.3, -0.25) is 0 Å².